The predicted octanol–water partition coefficient (Wildman–Crippen LogP) is 2.70. The lowest BCUT2D eigenvalue weighted by Crippen LogP contribution is -2.52. The first kappa shape index (κ1) is 27.5. The van der Waals surface area contributed by atoms with E-state index in [2.05, 4.69) is 27.2 Å². The van der Waals surface area contributed by atoms with E-state index in [0.29, 0.717) is 68.6 Å². The lowest BCUT2D eigenvalue weighted by Gasteiger charge is -2.32. The van der Waals surface area contributed by atoms with Gasteiger partial charge in [-0.15, -0.1) is 0 Å². The van der Waals surface area contributed by atoms with E-state index in [1.54, 1.807) is 6.20 Å². The Hall–Kier alpha value is -4.10. The molecule has 5 rings (SSSR count). The molecule has 2 aromatic heterocycles. The summed E-state index contributed by atoms with van der Waals surface area (Å²) < 4.78 is 52.1. The number of aromatic nitrogens is 3. The van der Waals surface area contributed by atoms with Crippen molar-refractivity contribution < 1.29 is 32.5 Å². The summed E-state index contributed by atoms with van der Waals surface area (Å²) in [5, 5.41) is 6.69. The Balaban J connectivity index is 1.59. The molecular weight excluding hydrogens is 526 g/mol. The first-order chi connectivity index (χ1) is 19.4. The van der Waals surface area contributed by atoms with Crippen LogP contribution in [0.3, 0.4) is 0 Å². The summed E-state index contributed by atoms with van der Waals surface area (Å²) in [4.78, 5) is 27.8. The smallest absolute Gasteiger partial charge is 0.243 e. The van der Waals surface area contributed by atoms with Gasteiger partial charge in [-0.05, 0) is 18.6 Å². The van der Waals surface area contributed by atoms with Crippen molar-refractivity contribution in [3.63, 3.8) is 0 Å². The van der Waals surface area contributed by atoms with Crippen LogP contribution in [0.5, 0.6) is 11.5 Å². The average molecular weight is 557 g/mol. The van der Waals surface area contributed by atoms with Gasteiger partial charge in [0.2, 0.25) is 11.9 Å². The Morgan fingerprint density at radius 3 is 2.48 bits per heavy atom. The Labute approximate surface area is 229 Å². The Morgan fingerprint density at radius 2 is 1.80 bits per heavy atom. The summed E-state index contributed by atoms with van der Waals surface area (Å²) in [6.45, 7) is 6.31. The fraction of sp³-hybridized carbons (Fsp3) is 0.407. The van der Waals surface area contributed by atoms with E-state index in [9.17, 15) is 4.79 Å². The van der Waals surface area contributed by atoms with Crippen LogP contribution in [0.25, 0.3) is 22.2 Å². The third-order valence-electron chi connectivity index (χ3n) is 6.87. The van der Waals surface area contributed by atoms with Crippen molar-refractivity contribution in [2.75, 3.05) is 64.0 Å². The maximum Gasteiger partial charge on any atom is 0.243 e. The highest BCUT2D eigenvalue weighted by Gasteiger charge is 2.29. The number of anilines is 2. The molecule has 1 amide bonds. The summed E-state index contributed by atoms with van der Waals surface area (Å²) in [6, 6.07) is 2.17. The molecule has 11 nitrogen and oxygen atoms in total. The van der Waals surface area contributed by atoms with Gasteiger partial charge in [0.1, 0.15) is 5.52 Å². The van der Waals surface area contributed by atoms with Crippen molar-refractivity contribution in [3.05, 3.63) is 42.6 Å². The molecule has 1 aromatic carbocycles. The lowest BCUT2D eigenvalue weighted by molar-refractivity contribution is -0.117. The maximum absolute atomic E-state index is 15.4. The van der Waals surface area contributed by atoms with E-state index in [1.165, 1.54) is 26.4 Å². The number of fused-ring (bicyclic) bond motifs is 1. The molecule has 2 aliphatic heterocycles. The van der Waals surface area contributed by atoms with Crippen LogP contribution in [0.2, 0.25) is 0 Å². The number of carbonyl (C=O) groups is 1. The molecule has 40 heavy (non-hydrogen) atoms. The van der Waals surface area contributed by atoms with Gasteiger partial charge in [-0.25, -0.2) is 23.7 Å². The van der Waals surface area contributed by atoms with Gasteiger partial charge in [0.25, 0.3) is 0 Å². The fourth-order valence-electron chi connectivity index (χ4n) is 4.79. The minimum absolute atomic E-state index is 0.0402. The number of amides is 1. The molecule has 212 valence electrons. The summed E-state index contributed by atoms with van der Waals surface area (Å²) in [6.07, 6.45) is 3.39. The second kappa shape index (κ2) is 12.0. The first-order valence-electron chi connectivity index (χ1n) is 12.8. The van der Waals surface area contributed by atoms with Gasteiger partial charge >= 0.3 is 0 Å². The molecular formula is C27H30F2N6O5. The standard InChI is InChI=1S/C27H30F2N6O5/c1-4-21(36)31-16-5-8-40-14-18(16)33-27-30-13-15-11-17(22-23(28)19(37-2)12-20(38-3)24(22)29)32-26(25(15)34-27)35-6-9-39-10-7-35/h4,11-13,16,18H,1,5-10,14H2,2-3H3,(H,31,36)(H,30,33,34)/t16-,18+/m0/s1. The number of rotatable bonds is 8. The summed E-state index contributed by atoms with van der Waals surface area (Å²) >= 11 is 0. The zero-order valence-electron chi connectivity index (χ0n) is 22.2. The zero-order chi connectivity index (χ0) is 28.2. The average Bonchev–Trinajstić information content (AvgIpc) is 2.98. The van der Waals surface area contributed by atoms with Crippen LogP contribution in [0, 0.1) is 11.6 Å². The predicted molar refractivity (Wildman–Crippen MR) is 144 cm³/mol. The number of morpholine rings is 1. The van der Waals surface area contributed by atoms with Crippen molar-refractivity contribution in [2.45, 2.75) is 18.5 Å². The van der Waals surface area contributed by atoms with Crippen LogP contribution < -0.4 is 25.0 Å². The van der Waals surface area contributed by atoms with Crippen LogP contribution in [0.15, 0.2) is 31.0 Å². The topological polar surface area (TPSA) is 120 Å². The molecule has 2 aliphatic rings. The van der Waals surface area contributed by atoms with E-state index < -0.39 is 11.6 Å². The van der Waals surface area contributed by atoms with Crippen LogP contribution >= 0.6 is 0 Å². The van der Waals surface area contributed by atoms with Gasteiger partial charge in [-0.1, -0.05) is 6.58 Å². The zero-order valence-corrected chi connectivity index (χ0v) is 22.2. The number of hydrogen-bond acceptors (Lipinski definition) is 10. The SMILES string of the molecule is C=CC(=O)N[C@H]1CCOC[C@H]1Nc1ncc2cc(-c3c(F)c(OC)cc(OC)c3F)nc(N3CCOCC3)c2n1. The van der Waals surface area contributed by atoms with Crippen molar-refractivity contribution in [3.8, 4) is 22.8 Å². The molecule has 0 radical (unpaired) electrons. The molecule has 2 atom stereocenters. The number of nitrogens with one attached hydrogen (secondary N) is 2. The molecule has 0 saturated carbocycles. The highest BCUT2D eigenvalue weighted by atomic mass is 19.1. The van der Waals surface area contributed by atoms with Crippen LogP contribution in [0.4, 0.5) is 20.5 Å². The molecule has 0 unspecified atom stereocenters. The van der Waals surface area contributed by atoms with Crippen molar-refractivity contribution in [1.29, 1.82) is 0 Å². The van der Waals surface area contributed by atoms with Crippen LogP contribution in [-0.4, -0.2) is 86.7 Å². The van der Waals surface area contributed by atoms with Gasteiger partial charge in [-0.2, -0.15) is 0 Å². The van der Waals surface area contributed by atoms with Gasteiger partial charge < -0.3 is 34.5 Å². The van der Waals surface area contributed by atoms with E-state index in [4.69, 9.17) is 23.9 Å². The largest absolute Gasteiger partial charge is 0.494 e. The van der Waals surface area contributed by atoms with Gasteiger partial charge in [0, 0.05) is 37.3 Å². The minimum atomic E-state index is -0.898. The van der Waals surface area contributed by atoms with E-state index in [-0.39, 0.29) is 40.7 Å². The highest BCUT2D eigenvalue weighted by Crippen LogP contribution is 2.39. The Bertz CT molecular complexity index is 1390. The first-order valence-corrected chi connectivity index (χ1v) is 12.8. The third kappa shape index (κ3) is 5.47. The van der Waals surface area contributed by atoms with Crippen LogP contribution in [-0.2, 0) is 14.3 Å². The van der Waals surface area contributed by atoms with E-state index >= 15 is 8.78 Å². The van der Waals surface area contributed by atoms with Gasteiger partial charge in [-0.3, -0.25) is 4.79 Å². The molecule has 2 fully saturated rings. The number of halogens is 2. The summed E-state index contributed by atoms with van der Waals surface area (Å²) in [5.74, 6) is -1.70. The third-order valence-corrected chi connectivity index (χ3v) is 6.87. The summed E-state index contributed by atoms with van der Waals surface area (Å²) in [7, 11) is 2.58. The molecule has 2 N–H and O–H groups in total. The monoisotopic (exact) mass is 556 g/mol. The molecule has 13 heteroatoms. The maximum atomic E-state index is 15.4. The van der Waals surface area contributed by atoms with E-state index in [1.807, 2.05) is 4.90 Å². The number of benzene rings is 1. The molecule has 3 aromatic rings. The number of nitrogens with zero attached hydrogens (tertiary/aromatic N) is 4. The Morgan fingerprint density at radius 1 is 1.07 bits per heavy atom. The van der Waals surface area contributed by atoms with Gasteiger partial charge in [0.05, 0.1) is 57.4 Å². The number of pyridine rings is 1. The number of hydrogen-bond donors (Lipinski definition) is 2. The summed E-state index contributed by atoms with van der Waals surface area (Å²) in [5.41, 5.74) is 0.149. The number of ether oxygens (including phenoxy) is 4. The fourth-order valence-corrected chi connectivity index (χ4v) is 4.79. The molecule has 4 heterocycles. The second-order valence-electron chi connectivity index (χ2n) is 9.28. The molecule has 0 spiro atoms. The Kier molecular flexibility index (Phi) is 8.21. The molecule has 0 bridgehead atoms. The quantitative estimate of drug-likeness (QED) is 0.401. The highest BCUT2D eigenvalue weighted by molar-refractivity contribution is 5.92. The molecule has 2 saturated heterocycles. The normalized spacial score (nSPS) is 19.2. The van der Waals surface area contributed by atoms with Crippen LogP contribution in [0.1, 0.15) is 6.42 Å². The van der Waals surface area contributed by atoms with Crippen molar-refractivity contribution in [2.24, 2.45) is 0 Å². The minimum Gasteiger partial charge on any atom is -0.494 e. The number of carbonyl (C=O) groups excluding carboxylic acids is 1. The van der Waals surface area contributed by atoms with E-state index in [0.717, 1.165) is 6.07 Å². The number of methoxy groups -OCH3 is 2. The van der Waals surface area contributed by atoms with Gasteiger partial charge in [0.15, 0.2) is 29.0 Å². The van der Waals surface area contributed by atoms with Crippen molar-refractivity contribution in [1.82, 2.24) is 20.3 Å². The second-order valence-corrected chi connectivity index (χ2v) is 9.28. The van der Waals surface area contributed by atoms with Crippen molar-refractivity contribution >= 4 is 28.6 Å². The lowest BCUT2D eigenvalue weighted by atomic mass is 10.0. The molecule has 0 aliphatic carbocycles.